The van der Waals surface area contributed by atoms with Crippen molar-refractivity contribution in [1.82, 2.24) is 10.2 Å². The van der Waals surface area contributed by atoms with E-state index < -0.39 is 0 Å². The number of hydrogen-bond donors (Lipinski definition) is 1. The predicted octanol–water partition coefficient (Wildman–Crippen LogP) is 4.14. The highest BCUT2D eigenvalue weighted by molar-refractivity contribution is 7.15. The van der Waals surface area contributed by atoms with Gasteiger partial charge in [0.1, 0.15) is 10.8 Å². The SMILES string of the molecule is CCCOc1ccc(CNc2nnc(CC(C)C)s2)cc1. The summed E-state index contributed by atoms with van der Waals surface area (Å²) >= 11 is 1.64. The van der Waals surface area contributed by atoms with E-state index in [1.807, 2.05) is 12.1 Å². The van der Waals surface area contributed by atoms with Gasteiger partial charge in [0.2, 0.25) is 5.13 Å². The van der Waals surface area contributed by atoms with Gasteiger partial charge < -0.3 is 10.1 Å². The Bertz CT molecular complexity index is 537. The molecule has 0 amide bonds. The van der Waals surface area contributed by atoms with Crippen molar-refractivity contribution < 1.29 is 4.74 Å². The Morgan fingerprint density at radius 2 is 1.95 bits per heavy atom. The number of nitrogens with one attached hydrogen (secondary N) is 1. The van der Waals surface area contributed by atoms with Crippen molar-refractivity contribution in [2.45, 2.75) is 40.2 Å². The van der Waals surface area contributed by atoms with Crippen LogP contribution in [0.1, 0.15) is 37.8 Å². The molecular weight excluding hydrogens is 282 g/mol. The number of nitrogens with zero attached hydrogens (tertiary/aromatic N) is 2. The van der Waals surface area contributed by atoms with Crippen molar-refractivity contribution in [2.75, 3.05) is 11.9 Å². The fourth-order valence-electron chi connectivity index (χ4n) is 1.86. The van der Waals surface area contributed by atoms with Crippen LogP contribution in [-0.2, 0) is 13.0 Å². The van der Waals surface area contributed by atoms with Crippen molar-refractivity contribution >= 4 is 16.5 Å². The smallest absolute Gasteiger partial charge is 0.205 e. The highest BCUT2D eigenvalue weighted by Gasteiger charge is 2.06. The van der Waals surface area contributed by atoms with Gasteiger partial charge in [0.25, 0.3) is 0 Å². The summed E-state index contributed by atoms with van der Waals surface area (Å²) in [6.07, 6.45) is 2.02. The minimum absolute atomic E-state index is 0.612. The van der Waals surface area contributed by atoms with Crippen molar-refractivity contribution in [2.24, 2.45) is 5.92 Å². The molecule has 0 fully saturated rings. The van der Waals surface area contributed by atoms with E-state index in [1.165, 1.54) is 5.56 Å². The Labute approximate surface area is 130 Å². The van der Waals surface area contributed by atoms with E-state index in [4.69, 9.17) is 4.74 Å². The molecule has 1 heterocycles. The standard InChI is InChI=1S/C16H23N3OS/c1-4-9-20-14-7-5-13(6-8-14)11-17-16-19-18-15(21-16)10-12(2)3/h5-8,12H,4,9-11H2,1-3H3,(H,17,19). The quantitative estimate of drug-likeness (QED) is 0.796. The highest BCUT2D eigenvalue weighted by atomic mass is 32.1. The molecule has 1 N–H and O–H groups in total. The van der Waals surface area contributed by atoms with Crippen LogP contribution in [0.5, 0.6) is 5.75 Å². The summed E-state index contributed by atoms with van der Waals surface area (Å²) in [5.74, 6) is 1.54. The summed E-state index contributed by atoms with van der Waals surface area (Å²) < 4.78 is 5.57. The second kappa shape index (κ2) is 7.98. The average Bonchev–Trinajstić information content (AvgIpc) is 2.91. The Balaban J connectivity index is 1.83. The second-order valence-corrected chi connectivity index (χ2v) is 6.51. The monoisotopic (exact) mass is 305 g/mol. The molecule has 0 bridgehead atoms. The number of hydrogen-bond acceptors (Lipinski definition) is 5. The maximum atomic E-state index is 5.57. The van der Waals surface area contributed by atoms with Crippen LogP contribution in [0.15, 0.2) is 24.3 Å². The van der Waals surface area contributed by atoms with Gasteiger partial charge in [-0.25, -0.2) is 0 Å². The first-order valence-electron chi connectivity index (χ1n) is 7.45. The predicted molar refractivity (Wildman–Crippen MR) is 88.0 cm³/mol. The summed E-state index contributed by atoms with van der Waals surface area (Å²) in [6, 6.07) is 8.18. The van der Waals surface area contributed by atoms with E-state index in [0.717, 1.165) is 41.9 Å². The fraction of sp³-hybridized carbons (Fsp3) is 0.500. The Kier molecular flexibility index (Phi) is 5.99. The first-order valence-corrected chi connectivity index (χ1v) is 8.27. The van der Waals surface area contributed by atoms with Crippen molar-refractivity contribution in [3.63, 3.8) is 0 Å². The molecule has 0 aliphatic heterocycles. The Morgan fingerprint density at radius 3 is 2.62 bits per heavy atom. The number of benzene rings is 1. The molecule has 0 aliphatic carbocycles. The molecular formula is C16H23N3OS. The van der Waals surface area contributed by atoms with Gasteiger partial charge in [-0.3, -0.25) is 0 Å². The molecule has 0 saturated carbocycles. The van der Waals surface area contributed by atoms with Gasteiger partial charge in [-0.15, -0.1) is 10.2 Å². The van der Waals surface area contributed by atoms with E-state index in [9.17, 15) is 0 Å². The zero-order valence-electron chi connectivity index (χ0n) is 12.9. The van der Waals surface area contributed by atoms with Crippen LogP contribution in [0.25, 0.3) is 0 Å². The number of ether oxygens (including phenoxy) is 1. The summed E-state index contributed by atoms with van der Waals surface area (Å²) in [5, 5.41) is 13.7. The summed E-state index contributed by atoms with van der Waals surface area (Å²) in [7, 11) is 0. The van der Waals surface area contributed by atoms with Gasteiger partial charge >= 0.3 is 0 Å². The molecule has 0 atom stereocenters. The van der Waals surface area contributed by atoms with Gasteiger partial charge in [0.15, 0.2) is 0 Å². The van der Waals surface area contributed by atoms with Crippen molar-refractivity contribution in [3.05, 3.63) is 34.8 Å². The number of anilines is 1. The molecule has 1 aromatic heterocycles. The molecule has 0 saturated heterocycles. The largest absolute Gasteiger partial charge is 0.494 e. The van der Waals surface area contributed by atoms with E-state index in [0.29, 0.717) is 5.92 Å². The van der Waals surface area contributed by atoms with Crippen molar-refractivity contribution in [1.29, 1.82) is 0 Å². The molecule has 0 unspecified atom stereocenters. The van der Waals surface area contributed by atoms with E-state index in [1.54, 1.807) is 11.3 Å². The summed E-state index contributed by atoms with van der Waals surface area (Å²) in [6.45, 7) is 8.01. The van der Waals surface area contributed by atoms with Gasteiger partial charge in [-0.05, 0) is 30.0 Å². The lowest BCUT2D eigenvalue weighted by atomic mass is 10.1. The molecule has 4 nitrogen and oxygen atoms in total. The number of rotatable bonds is 8. The van der Waals surface area contributed by atoms with Crippen LogP contribution in [0, 0.1) is 5.92 Å². The van der Waals surface area contributed by atoms with E-state index in [2.05, 4.69) is 48.4 Å². The van der Waals surface area contributed by atoms with Gasteiger partial charge in [-0.1, -0.05) is 44.2 Å². The lowest BCUT2D eigenvalue weighted by Gasteiger charge is -2.06. The molecule has 2 aromatic rings. The first kappa shape index (κ1) is 15.8. The maximum Gasteiger partial charge on any atom is 0.205 e. The molecule has 114 valence electrons. The van der Waals surface area contributed by atoms with Crippen LogP contribution in [0.3, 0.4) is 0 Å². The minimum atomic E-state index is 0.612. The zero-order valence-corrected chi connectivity index (χ0v) is 13.7. The Morgan fingerprint density at radius 1 is 1.19 bits per heavy atom. The molecule has 2 rings (SSSR count). The van der Waals surface area contributed by atoms with Gasteiger partial charge in [0, 0.05) is 13.0 Å². The second-order valence-electron chi connectivity index (χ2n) is 5.44. The van der Waals surface area contributed by atoms with Crippen LogP contribution in [-0.4, -0.2) is 16.8 Å². The molecule has 5 heteroatoms. The highest BCUT2D eigenvalue weighted by Crippen LogP contribution is 2.19. The molecule has 0 radical (unpaired) electrons. The van der Waals surface area contributed by atoms with E-state index >= 15 is 0 Å². The third kappa shape index (κ3) is 5.34. The fourth-order valence-corrected chi connectivity index (χ4v) is 2.81. The van der Waals surface area contributed by atoms with Crippen LogP contribution >= 0.6 is 11.3 Å². The minimum Gasteiger partial charge on any atom is -0.494 e. The lowest BCUT2D eigenvalue weighted by Crippen LogP contribution is -1.99. The third-order valence-corrected chi connectivity index (χ3v) is 3.79. The summed E-state index contributed by atoms with van der Waals surface area (Å²) in [5.41, 5.74) is 1.21. The van der Waals surface area contributed by atoms with Gasteiger partial charge in [0.05, 0.1) is 6.61 Å². The average molecular weight is 305 g/mol. The van der Waals surface area contributed by atoms with Crippen LogP contribution in [0.4, 0.5) is 5.13 Å². The lowest BCUT2D eigenvalue weighted by molar-refractivity contribution is 0.317. The zero-order chi connectivity index (χ0) is 15.1. The van der Waals surface area contributed by atoms with Gasteiger partial charge in [-0.2, -0.15) is 0 Å². The molecule has 0 spiro atoms. The summed E-state index contributed by atoms with van der Waals surface area (Å²) in [4.78, 5) is 0. The first-order chi connectivity index (χ1) is 10.2. The Hall–Kier alpha value is -1.62. The number of aromatic nitrogens is 2. The third-order valence-electron chi connectivity index (χ3n) is 2.89. The molecule has 1 aromatic carbocycles. The van der Waals surface area contributed by atoms with Crippen LogP contribution < -0.4 is 10.1 Å². The molecule has 21 heavy (non-hydrogen) atoms. The normalized spacial score (nSPS) is 10.9. The van der Waals surface area contributed by atoms with E-state index in [-0.39, 0.29) is 0 Å². The van der Waals surface area contributed by atoms with Crippen molar-refractivity contribution in [3.8, 4) is 5.75 Å². The topological polar surface area (TPSA) is 47.0 Å². The van der Waals surface area contributed by atoms with Crippen LogP contribution in [0.2, 0.25) is 0 Å². The maximum absolute atomic E-state index is 5.57. The molecule has 0 aliphatic rings.